The molecule has 0 heterocycles. The van der Waals surface area contributed by atoms with Crippen molar-refractivity contribution in [3.63, 3.8) is 0 Å². The van der Waals surface area contributed by atoms with Crippen LogP contribution in [0.2, 0.25) is 0 Å². The van der Waals surface area contributed by atoms with Crippen LogP contribution in [0, 0.1) is 20.8 Å². The molecule has 0 saturated heterocycles. The van der Waals surface area contributed by atoms with Gasteiger partial charge < -0.3 is 10.2 Å². The maximum Gasteiger partial charge on any atom is 0.246 e. The summed E-state index contributed by atoms with van der Waals surface area (Å²) < 4.78 is 0. The minimum absolute atomic E-state index is 0.0661. The lowest BCUT2D eigenvalue weighted by Gasteiger charge is -2.30. The monoisotopic (exact) mass is 248 g/mol. The molecule has 1 rings (SSSR count). The van der Waals surface area contributed by atoms with Gasteiger partial charge in [0, 0.05) is 12.7 Å². The second kappa shape index (κ2) is 5.11. The van der Waals surface area contributed by atoms with Gasteiger partial charge in [-0.25, -0.2) is 0 Å². The molecule has 1 N–H and O–H groups in total. The second-order valence-electron chi connectivity index (χ2n) is 5.46. The van der Waals surface area contributed by atoms with Crippen molar-refractivity contribution in [2.75, 3.05) is 19.0 Å². The summed E-state index contributed by atoms with van der Waals surface area (Å²) in [7, 11) is 3.64. The van der Waals surface area contributed by atoms with Crippen LogP contribution >= 0.6 is 0 Å². The molecular weight excluding hydrogens is 224 g/mol. The van der Waals surface area contributed by atoms with Crippen LogP contribution in [-0.4, -0.2) is 25.5 Å². The molecule has 0 aliphatic carbocycles. The highest BCUT2D eigenvalue weighted by atomic mass is 16.2. The Balaban J connectivity index is 3.16. The molecule has 100 valence electrons. The molecule has 0 spiro atoms. The van der Waals surface area contributed by atoms with Gasteiger partial charge >= 0.3 is 0 Å². The van der Waals surface area contributed by atoms with Crippen molar-refractivity contribution in [3.8, 4) is 0 Å². The summed E-state index contributed by atoms with van der Waals surface area (Å²) in [5.41, 5.74) is 4.01. The van der Waals surface area contributed by atoms with Crippen LogP contribution in [0.25, 0.3) is 0 Å². The fraction of sp³-hybridized carbons (Fsp3) is 0.533. The Kier molecular flexibility index (Phi) is 4.17. The number of hydrogen-bond donors (Lipinski definition) is 1. The van der Waals surface area contributed by atoms with Crippen LogP contribution in [0.5, 0.6) is 0 Å². The van der Waals surface area contributed by atoms with Gasteiger partial charge in [-0.05, 0) is 64.4 Å². The number of amides is 1. The summed E-state index contributed by atoms with van der Waals surface area (Å²) in [4.78, 5) is 14.1. The van der Waals surface area contributed by atoms with Crippen molar-refractivity contribution in [2.24, 2.45) is 0 Å². The van der Waals surface area contributed by atoms with Crippen LogP contribution in [0.4, 0.5) is 5.69 Å². The Morgan fingerprint density at radius 1 is 1.11 bits per heavy atom. The van der Waals surface area contributed by atoms with Gasteiger partial charge in [0.15, 0.2) is 0 Å². The highest BCUT2D eigenvalue weighted by Crippen LogP contribution is 2.24. The molecule has 0 saturated carbocycles. The van der Waals surface area contributed by atoms with Crippen molar-refractivity contribution in [2.45, 2.75) is 40.2 Å². The van der Waals surface area contributed by atoms with E-state index in [2.05, 4.69) is 31.3 Å². The fourth-order valence-electron chi connectivity index (χ4n) is 1.94. The summed E-state index contributed by atoms with van der Waals surface area (Å²) in [5.74, 6) is 0.0661. The number of carbonyl (C=O) groups excluding carboxylic acids is 1. The SMILES string of the molecule is CNC(C)(C)C(=O)N(C)c1cc(C)c(C)cc1C. The predicted octanol–water partition coefficient (Wildman–Crippen LogP) is 2.57. The number of carbonyl (C=O) groups is 1. The van der Waals surface area contributed by atoms with Crippen molar-refractivity contribution in [1.82, 2.24) is 5.32 Å². The van der Waals surface area contributed by atoms with E-state index in [1.165, 1.54) is 11.1 Å². The molecule has 0 bridgehead atoms. The average molecular weight is 248 g/mol. The van der Waals surface area contributed by atoms with Gasteiger partial charge in [-0.2, -0.15) is 0 Å². The lowest BCUT2D eigenvalue weighted by atomic mass is 10.0. The van der Waals surface area contributed by atoms with E-state index in [-0.39, 0.29) is 5.91 Å². The quantitative estimate of drug-likeness (QED) is 0.891. The van der Waals surface area contributed by atoms with Crippen molar-refractivity contribution < 1.29 is 4.79 Å². The number of anilines is 1. The van der Waals surface area contributed by atoms with E-state index in [0.717, 1.165) is 11.3 Å². The third-order valence-electron chi connectivity index (χ3n) is 3.64. The van der Waals surface area contributed by atoms with Crippen LogP contribution < -0.4 is 10.2 Å². The Morgan fingerprint density at radius 3 is 2.11 bits per heavy atom. The Hall–Kier alpha value is -1.35. The zero-order valence-corrected chi connectivity index (χ0v) is 12.5. The van der Waals surface area contributed by atoms with Gasteiger partial charge in [0.1, 0.15) is 0 Å². The first kappa shape index (κ1) is 14.7. The highest BCUT2D eigenvalue weighted by molar-refractivity contribution is 5.99. The lowest BCUT2D eigenvalue weighted by molar-refractivity contribution is -0.123. The number of likely N-dealkylation sites (N-methyl/N-ethyl adjacent to an activating group) is 2. The van der Waals surface area contributed by atoms with E-state index in [9.17, 15) is 4.79 Å². The molecular formula is C15H24N2O. The molecule has 1 aromatic carbocycles. The lowest BCUT2D eigenvalue weighted by Crippen LogP contribution is -2.52. The van der Waals surface area contributed by atoms with E-state index < -0.39 is 5.54 Å². The largest absolute Gasteiger partial charge is 0.314 e. The van der Waals surface area contributed by atoms with Crippen LogP contribution in [0.1, 0.15) is 30.5 Å². The Labute approximate surface area is 110 Å². The van der Waals surface area contributed by atoms with Gasteiger partial charge in [-0.1, -0.05) is 6.07 Å². The molecule has 0 radical (unpaired) electrons. The molecule has 0 aliphatic rings. The first-order valence-electron chi connectivity index (χ1n) is 6.25. The first-order chi connectivity index (χ1) is 8.20. The van der Waals surface area contributed by atoms with E-state index in [1.54, 1.807) is 11.9 Å². The normalized spacial score (nSPS) is 11.5. The van der Waals surface area contributed by atoms with E-state index in [4.69, 9.17) is 0 Å². The number of benzene rings is 1. The maximum atomic E-state index is 12.4. The van der Waals surface area contributed by atoms with E-state index in [0.29, 0.717) is 0 Å². The molecule has 3 nitrogen and oxygen atoms in total. The maximum absolute atomic E-state index is 12.4. The molecule has 1 aromatic rings. The molecule has 1 amide bonds. The topological polar surface area (TPSA) is 32.3 Å². The fourth-order valence-corrected chi connectivity index (χ4v) is 1.94. The first-order valence-corrected chi connectivity index (χ1v) is 6.25. The number of hydrogen-bond acceptors (Lipinski definition) is 2. The van der Waals surface area contributed by atoms with E-state index in [1.807, 2.05) is 27.8 Å². The average Bonchev–Trinajstić information content (AvgIpc) is 2.32. The highest BCUT2D eigenvalue weighted by Gasteiger charge is 2.29. The van der Waals surface area contributed by atoms with E-state index >= 15 is 0 Å². The Morgan fingerprint density at radius 2 is 1.61 bits per heavy atom. The predicted molar refractivity (Wildman–Crippen MR) is 77.2 cm³/mol. The van der Waals surface area contributed by atoms with Crippen molar-refractivity contribution >= 4 is 11.6 Å². The van der Waals surface area contributed by atoms with Gasteiger partial charge in [0.25, 0.3) is 0 Å². The van der Waals surface area contributed by atoms with Crippen LogP contribution in [0.15, 0.2) is 12.1 Å². The number of nitrogens with zero attached hydrogens (tertiary/aromatic N) is 1. The van der Waals surface area contributed by atoms with Gasteiger partial charge in [-0.3, -0.25) is 4.79 Å². The van der Waals surface area contributed by atoms with Crippen LogP contribution in [0.3, 0.4) is 0 Å². The molecule has 0 atom stereocenters. The summed E-state index contributed by atoms with van der Waals surface area (Å²) in [6, 6.07) is 4.20. The smallest absolute Gasteiger partial charge is 0.246 e. The molecule has 0 aliphatic heterocycles. The standard InChI is InChI=1S/C15H24N2O/c1-10-8-12(3)13(9-11(10)2)17(7)14(18)15(4,5)16-6/h8-9,16H,1-7H3. The minimum Gasteiger partial charge on any atom is -0.314 e. The second-order valence-corrected chi connectivity index (χ2v) is 5.46. The van der Waals surface area contributed by atoms with Gasteiger partial charge in [0.2, 0.25) is 5.91 Å². The van der Waals surface area contributed by atoms with Crippen molar-refractivity contribution in [3.05, 3.63) is 28.8 Å². The third kappa shape index (κ3) is 2.72. The zero-order chi connectivity index (χ0) is 14.1. The molecule has 0 unspecified atom stereocenters. The molecule has 18 heavy (non-hydrogen) atoms. The summed E-state index contributed by atoms with van der Waals surface area (Å²) >= 11 is 0. The Bertz CT molecular complexity index is 464. The molecule has 0 aromatic heterocycles. The number of rotatable bonds is 3. The summed E-state index contributed by atoms with van der Waals surface area (Å²) in [5, 5.41) is 3.05. The minimum atomic E-state index is -0.556. The van der Waals surface area contributed by atoms with Crippen molar-refractivity contribution in [1.29, 1.82) is 0 Å². The molecule has 0 fully saturated rings. The zero-order valence-electron chi connectivity index (χ0n) is 12.5. The van der Waals surface area contributed by atoms with Gasteiger partial charge in [0.05, 0.1) is 5.54 Å². The summed E-state index contributed by atoms with van der Waals surface area (Å²) in [6.45, 7) is 9.98. The molecule has 3 heteroatoms. The van der Waals surface area contributed by atoms with Gasteiger partial charge in [-0.15, -0.1) is 0 Å². The van der Waals surface area contributed by atoms with Crippen LogP contribution in [-0.2, 0) is 4.79 Å². The number of aryl methyl sites for hydroxylation is 3. The summed E-state index contributed by atoms with van der Waals surface area (Å²) in [6.07, 6.45) is 0. The third-order valence-corrected chi connectivity index (χ3v) is 3.64. The number of nitrogens with one attached hydrogen (secondary N) is 1.